The number of aromatic nitrogens is 1. The third-order valence-corrected chi connectivity index (χ3v) is 4.02. The fourth-order valence-corrected chi connectivity index (χ4v) is 2.88. The van der Waals surface area contributed by atoms with Gasteiger partial charge in [-0.1, -0.05) is 38.4 Å². The van der Waals surface area contributed by atoms with E-state index in [4.69, 9.17) is 11.6 Å². The number of ketones is 1. The molecule has 1 aromatic carbocycles. The van der Waals surface area contributed by atoms with Crippen LogP contribution in [0, 0.1) is 5.82 Å². The normalized spacial score (nSPS) is 11.7. The third kappa shape index (κ3) is 3.25. The van der Waals surface area contributed by atoms with Crippen LogP contribution in [0.4, 0.5) is 4.39 Å². The predicted octanol–water partition coefficient (Wildman–Crippen LogP) is 4.66. The minimum Gasteiger partial charge on any atom is -0.294 e. The molecule has 0 bridgehead atoms. The zero-order chi connectivity index (χ0) is 14.9. The molecule has 2 nitrogen and oxygen atoms in total. The number of Topliss-reactive ketones (excluding diaryl/α,β-unsaturated/α-hetero) is 1. The van der Waals surface area contributed by atoms with Crippen LogP contribution in [-0.2, 0) is 11.8 Å². The second-order valence-electron chi connectivity index (χ2n) is 5.58. The SMILES string of the molecule is CC(C)(C)c1csc(CC(=O)c2cccc(Cl)c2F)n1. The Kier molecular flexibility index (Phi) is 4.25. The smallest absolute Gasteiger partial charge is 0.172 e. The van der Waals surface area contributed by atoms with Crippen molar-refractivity contribution in [3.63, 3.8) is 0 Å². The highest BCUT2D eigenvalue weighted by Gasteiger charge is 2.20. The molecule has 0 aliphatic rings. The first-order valence-corrected chi connectivity index (χ1v) is 7.47. The maximum Gasteiger partial charge on any atom is 0.172 e. The topological polar surface area (TPSA) is 30.0 Å². The molecule has 0 aliphatic heterocycles. The van der Waals surface area contributed by atoms with E-state index in [-0.39, 0.29) is 28.2 Å². The van der Waals surface area contributed by atoms with E-state index in [2.05, 4.69) is 25.8 Å². The lowest BCUT2D eigenvalue weighted by molar-refractivity contribution is 0.0989. The number of thiazole rings is 1. The number of benzene rings is 1. The summed E-state index contributed by atoms with van der Waals surface area (Å²) in [6.45, 7) is 6.18. The van der Waals surface area contributed by atoms with E-state index in [0.29, 0.717) is 5.01 Å². The monoisotopic (exact) mass is 311 g/mol. The molecular weight excluding hydrogens is 297 g/mol. The molecule has 0 amide bonds. The molecule has 0 atom stereocenters. The molecule has 0 N–H and O–H groups in total. The number of carbonyl (C=O) groups excluding carboxylic acids is 1. The van der Waals surface area contributed by atoms with Gasteiger partial charge in [0.15, 0.2) is 11.6 Å². The van der Waals surface area contributed by atoms with Gasteiger partial charge in [-0.3, -0.25) is 4.79 Å². The van der Waals surface area contributed by atoms with E-state index >= 15 is 0 Å². The molecule has 2 aromatic rings. The highest BCUT2D eigenvalue weighted by molar-refractivity contribution is 7.09. The molecular formula is C15H15ClFNOS. The van der Waals surface area contributed by atoms with Gasteiger partial charge in [0.1, 0.15) is 5.01 Å². The summed E-state index contributed by atoms with van der Waals surface area (Å²) in [4.78, 5) is 16.6. The number of nitrogens with zero attached hydrogens (tertiary/aromatic N) is 1. The van der Waals surface area contributed by atoms with Gasteiger partial charge < -0.3 is 0 Å². The van der Waals surface area contributed by atoms with Crippen LogP contribution in [0.2, 0.25) is 5.02 Å². The fraction of sp³-hybridized carbons (Fsp3) is 0.333. The summed E-state index contributed by atoms with van der Waals surface area (Å²) in [5.41, 5.74) is 0.904. The summed E-state index contributed by atoms with van der Waals surface area (Å²) in [5.74, 6) is -0.966. The van der Waals surface area contributed by atoms with E-state index in [1.807, 2.05) is 5.38 Å². The molecule has 0 aliphatic carbocycles. The molecule has 1 heterocycles. The summed E-state index contributed by atoms with van der Waals surface area (Å²) < 4.78 is 13.8. The van der Waals surface area contributed by atoms with Crippen molar-refractivity contribution in [3.8, 4) is 0 Å². The van der Waals surface area contributed by atoms with E-state index in [1.165, 1.54) is 23.5 Å². The van der Waals surface area contributed by atoms with Crippen LogP contribution in [0.3, 0.4) is 0 Å². The van der Waals surface area contributed by atoms with Crippen molar-refractivity contribution in [2.75, 3.05) is 0 Å². The van der Waals surface area contributed by atoms with Crippen molar-refractivity contribution in [1.29, 1.82) is 0 Å². The van der Waals surface area contributed by atoms with Crippen molar-refractivity contribution < 1.29 is 9.18 Å². The number of halogens is 2. The molecule has 5 heteroatoms. The van der Waals surface area contributed by atoms with Gasteiger partial charge in [0, 0.05) is 10.8 Å². The second-order valence-corrected chi connectivity index (χ2v) is 6.93. The largest absolute Gasteiger partial charge is 0.294 e. The Morgan fingerprint density at radius 1 is 1.40 bits per heavy atom. The predicted molar refractivity (Wildman–Crippen MR) is 80.3 cm³/mol. The van der Waals surface area contributed by atoms with Crippen LogP contribution < -0.4 is 0 Å². The van der Waals surface area contributed by atoms with Gasteiger partial charge in [-0.2, -0.15) is 0 Å². The highest BCUT2D eigenvalue weighted by atomic mass is 35.5. The van der Waals surface area contributed by atoms with Crippen molar-refractivity contribution in [2.24, 2.45) is 0 Å². The van der Waals surface area contributed by atoms with Crippen LogP contribution in [0.5, 0.6) is 0 Å². The maximum atomic E-state index is 13.8. The molecule has 106 valence electrons. The van der Waals surface area contributed by atoms with Gasteiger partial charge in [0.05, 0.1) is 22.7 Å². The Balaban J connectivity index is 2.20. The number of carbonyl (C=O) groups is 1. The first kappa shape index (κ1) is 15.1. The summed E-state index contributed by atoms with van der Waals surface area (Å²) in [5, 5.41) is 2.60. The average Bonchev–Trinajstić information content (AvgIpc) is 2.81. The van der Waals surface area contributed by atoms with E-state index < -0.39 is 5.82 Å². The summed E-state index contributed by atoms with van der Waals surface area (Å²) in [6, 6.07) is 4.44. The van der Waals surface area contributed by atoms with Gasteiger partial charge in [-0.05, 0) is 12.1 Å². The molecule has 0 saturated heterocycles. The molecule has 2 rings (SSSR count). The zero-order valence-electron chi connectivity index (χ0n) is 11.5. The number of rotatable bonds is 3. The number of hydrogen-bond acceptors (Lipinski definition) is 3. The van der Waals surface area contributed by atoms with Crippen molar-refractivity contribution >= 4 is 28.7 Å². The Morgan fingerprint density at radius 3 is 2.70 bits per heavy atom. The van der Waals surface area contributed by atoms with Gasteiger partial charge in [0.2, 0.25) is 0 Å². The minimum absolute atomic E-state index is 0.0185. The minimum atomic E-state index is -0.660. The molecule has 0 spiro atoms. The summed E-state index contributed by atoms with van der Waals surface area (Å²) in [6.07, 6.45) is 0.0952. The van der Waals surface area contributed by atoms with Crippen LogP contribution in [-0.4, -0.2) is 10.8 Å². The average molecular weight is 312 g/mol. The van der Waals surface area contributed by atoms with Crippen LogP contribution >= 0.6 is 22.9 Å². The Bertz CT molecular complexity index is 646. The van der Waals surface area contributed by atoms with Crippen molar-refractivity contribution in [3.05, 3.63) is 50.7 Å². The lowest BCUT2D eigenvalue weighted by atomic mass is 9.93. The molecule has 20 heavy (non-hydrogen) atoms. The standard InChI is InChI=1S/C15H15ClFNOS/c1-15(2,3)12-8-20-13(18-12)7-11(19)9-5-4-6-10(16)14(9)17/h4-6,8H,7H2,1-3H3. The van der Waals surface area contributed by atoms with Crippen LogP contribution in [0.15, 0.2) is 23.6 Å². The second kappa shape index (κ2) is 5.62. The maximum absolute atomic E-state index is 13.8. The van der Waals surface area contributed by atoms with Crippen LogP contribution in [0.25, 0.3) is 0 Å². The summed E-state index contributed by atoms with van der Waals surface area (Å²) in [7, 11) is 0. The van der Waals surface area contributed by atoms with Crippen molar-refractivity contribution in [1.82, 2.24) is 4.98 Å². The van der Waals surface area contributed by atoms with E-state index in [9.17, 15) is 9.18 Å². The van der Waals surface area contributed by atoms with Gasteiger partial charge in [0.25, 0.3) is 0 Å². The Morgan fingerprint density at radius 2 is 2.10 bits per heavy atom. The van der Waals surface area contributed by atoms with Crippen molar-refractivity contribution in [2.45, 2.75) is 32.6 Å². The molecule has 0 radical (unpaired) electrons. The molecule has 0 unspecified atom stereocenters. The summed E-state index contributed by atoms with van der Waals surface area (Å²) >= 11 is 7.11. The molecule has 1 aromatic heterocycles. The first-order valence-electron chi connectivity index (χ1n) is 6.21. The zero-order valence-corrected chi connectivity index (χ0v) is 13.1. The molecule has 0 saturated carbocycles. The third-order valence-electron chi connectivity index (χ3n) is 2.88. The van der Waals surface area contributed by atoms with Gasteiger partial charge >= 0.3 is 0 Å². The van der Waals surface area contributed by atoms with E-state index in [1.54, 1.807) is 6.07 Å². The molecule has 0 fully saturated rings. The number of hydrogen-bond donors (Lipinski definition) is 0. The Labute approximate surface area is 126 Å². The van der Waals surface area contributed by atoms with Gasteiger partial charge in [-0.15, -0.1) is 11.3 Å². The fourth-order valence-electron chi connectivity index (χ4n) is 1.69. The highest BCUT2D eigenvalue weighted by Crippen LogP contribution is 2.25. The lowest BCUT2D eigenvalue weighted by Gasteiger charge is -2.14. The lowest BCUT2D eigenvalue weighted by Crippen LogP contribution is -2.12. The van der Waals surface area contributed by atoms with E-state index in [0.717, 1.165) is 5.69 Å². The quantitative estimate of drug-likeness (QED) is 0.772. The first-order chi connectivity index (χ1) is 9.29. The van der Waals surface area contributed by atoms with Crippen LogP contribution in [0.1, 0.15) is 41.8 Å². The Hall–Kier alpha value is -1.26. The van der Waals surface area contributed by atoms with Gasteiger partial charge in [-0.25, -0.2) is 9.37 Å².